The molecule has 7 nitrogen and oxygen atoms in total. The number of thiophene rings is 1. The van der Waals surface area contributed by atoms with Crippen LogP contribution in [0.4, 0.5) is 0 Å². The Balaban J connectivity index is 1.74. The fourth-order valence-electron chi connectivity index (χ4n) is 4.00. The van der Waals surface area contributed by atoms with Crippen LogP contribution in [0.3, 0.4) is 0 Å². The number of ether oxygens (including phenoxy) is 3. The minimum Gasteiger partial charge on any atom is -0.496 e. The van der Waals surface area contributed by atoms with Gasteiger partial charge in [0.2, 0.25) is 5.79 Å². The van der Waals surface area contributed by atoms with Crippen LogP contribution < -0.4 is 4.74 Å². The van der Waals surface area contributed by atoms with Gasteiger partial charge in [-0.2, -0.15) is 0 Å². The van der Waals surface area contributed by atoms with E-state index in [1.165, 1.54) is 18.3 Å². The van der Waals surface area contributed by atoms with Gasteiger partial charge in [-0.1, -0.05) is 0 Å². The van der Waals surface area contributed by atoms with E-state index < -0.39 is 30.2 Å². The lowest BCUT2D eigenvalue weighted by molar-refractivity contribution is -0.362. The van der Waals surface area contributed by atoms with Gasteiger partial charge in [0.05, 0.1) is 24.7 Å². The normalized spacial score (nSPS) is 31.1. The van der Waals surface area contributed by atoms with Crippen LogP contribution in [0.5, 0.6) is 5.75 Å². The van der Waals surface area contributed by atoms with E-state index >= 15 is 0 Å². The molecular formula is C21H24O7S. The summed E-state index contributed by atoms with van der Waals surface area (Å²) in [6.45, 7) is 3.35. The third-order valence-electron chi connectivity index (χ3n) is 5.60. The standard InChI is InChI=1S/C21H24O7S/c1-10(22)17-5-4-14(29-17)6-12-7-15-13(8-16(12)26-3)9-27-21(15)20(25)19(24)18(23)11(2)28-21/h4-5,7-8,11,18-20,23-25H,6,9H2,1-3H3/t11-,18-,19+,20-,21+/m1/s1. The molecule has 0 saturated carbocycles. The Hall–Kier alpha value is -1.81. The molecule has 3 heterocycles. The zero-order chi connectivity index (χ0) is 20.9. The number of hydrogen-bond donors (Lipinski definition) is 3. The molecule has 1 fully saturated rings. The minimum atomic E-state index is -1.55. The van der Waals surface area contributed by atoms with Crippen molar-refractivity contribution in [3.8, 4) is 5.75 Å². The fraction of sp³-hybridized carbons (Fsp3) is 0.476. The molecule has 8 heteroatoms. The van der Waals surface area contributed by atoms with Crippen LogP contribution >= 0.6 is 11.3 Å². The summed E-state index contributed by atoms with van der Waals surface area (Å²) in [5, 5.41) is 31.1. The lowest BCUT2D eigenvalue weighted by Crippen LogP contribution is -2.62. The first-order valence-corrected chi connectivity index (χ1v) is 10.2. The largest absolute Gasteiger partial charge is 0.496 e. The number of hydrogen-bond acceptors (Lipinski definition) is 8. The van der Waals surface area contributed by atoms with E-state index in [1.54, 1.807) is 20.1 Å². The van der Waals surface area contributed by atoms with Crippen LogP contribution in [-0.2, 0) is 28.3 Å². The molecule has 29 heavy (non-hydrogen) atoms. The zero-order valence-corrected chi connectivity index (χ0v) is 17.2. The monoisotopic (exact) mass is 420 g/mol. The van der Waals surface area contributed by atoms with Crippen molar-refractivity contribution in [3.63, 3.8) is 0 Å². The maximum absolute atomic E-state index is 11.6. The first kappa shape index (κ1) is 20.5. The van der Waals surface area contributed by atoms with E-state index in [1.807, 2.05) is 18.2 Å². The third kappa shape index (κ3) is 3.30. The maximum Gasteiger partial charge on any atom is 0.225 e. The highest BCUT2D eigenvalue weighted by atomic mass is 32.1. The second kappa shape index (κ2) is 7.46. The quantitative estimate of drug-likeness (QED) is 0.647. The van der Waals surface area contributed by atoms with E-state index in [0.717, 1.165) is 16.0 Å². The van der Waals surface area contributed by atoms with Crippen molar-refractivity contribution in [3.05, 3.63) is 50.7 Å². The number of Topliss-reactive ketones (excluding diaryl/α,β-unsaturated/α-hetero) is 1. The predicted octanol–water partition coefficient (Wildman–Crippen LogP) is 1.73. The highest BCUT2D eigenvalue weighted by Gasteiger charge is 2.57. The van der Waals surface area contributed by atoms with Crippen molar-refractivity contribution in [2.45, 2.75) is 57.1 Å². The summed E-state index contributed by atoms with van der Waals surface area (Å²) in [6, 6.07) is 7.42. The van der Waals surface area contributed by atoms with Gasteiger partial charge in [0.1, 0.15) is 24.1 Å². The molecule has 1 aromatic heterocycles. The van der Waals surface area contributed by atoms with Crippen molar-refractivity contribution >= 4 is 17.1 Å². The summed E-state index contributed by atoms with van der Waals surface area (Å²) in [7, 11) is 1.58. The smallest absolute Gasteiger partial charge is 0.225 e. The summed E-state index contributed by atoms with van der Waals surface area (Å²) in [5.41, 5.74) is 2.25. The zero-order valence-electron chi connectivity index (χ0n) is 16.4. The molecule has 1 aromatic carbocycles. The highest BCUT2D eigenvalue weighted by molar-refractivity contribution is 7.14. The molecule has 1 spiro atoms. The van der Waals surface area contributed by atoms with Crippen molar-refractivity contribution in [1.29, 1.82) is 0 Å². The fourth-order valence-corrected chi connectivity index (χ4v) is 4.92. The van der Waals surface area contributed by atoms with E-state index in [2.05, 4.69) is 0 Å². The molecule has 2 aromatic rings. The van der Waals surface area contributed by atoms with Gasteiger partial charge in [0.25, 0.3) is 0 Å². The third-order valence-corrected chi connectivity index (χ3v) is 6.79. The lowest BCUT2D eigenvalue weighted by Gasteiger charge is -2.45. The molecule has 2 aliphatic heterocycles. The molecular weight excluding hydrogens is 396 g/mol. The Morgan fingerprint density at radius 2 is 2.03 bits per heavy atom. The molecule has 1 saturated heterocycles. The van der Waals surface area contributed by atoms with Crippen LogP contribution in [-0.4, -0.2) is 52.6 Å². The lowest BCUT2D eigenvalue weighted by atomic mass is 9.86. The second-order valence-corrected chi connectivity index (χ2v) is 8.69. The van der Waals surface area contributed by atoms with Crippen molar-refractivity contribution in [2.75, 3.05) is 7.11 Å². The first-order chi connectivity index (χ1) is 13.8. The van der Waals surface area contributed by atoms with E-state index in [-0.39, 0.29) is 12.4 Å². The summed E-state index contributed by atoms with van der Waals surface area (Å²) < 4.78 is 17.3. The SMILES string of the molecule is COc1cc2c(cc1Cc1ccc(C(C)=O)s1)[C@]1(OC2)O[C@H](C)[C@@H](O)[C@H](O)[C@H]1O. The van der Waals surface area contributed by atoms with Gasteiger partial charge in [0, 0.05) is 16.9 Å². The molecule has 0 amide bonds. The van der Waals surface area contributed by atoms with Crippen molar-refractivity contribution < 1.29 is 34.3 Å². The summed E-state index contributed by atoms with van der Waals surface area (Å²) in [6.07, 6.45) is -4.24. The Labute approximate surface area is 172 Å². The molecule has 2 aliphatic rings. The van der Waals surface area contributed by atoms with Crippen LogP contribution in [0.15, 0.2) is 24.3 Å². The Kier molecular flexibility index (Phi) is 5.27. The molecule has 0 radical (unpaired) electrons. The number of aliphatic hydroxyl groups excluding tert-OH is 3. The van der Waals surface area contributed by atoms with Crippen LogP contribution in [0.2, 0.25) is 0 Å². The number of carbonyl (C=O) groups is 1. The van der Waals surface area contributed by atoms with Crippen molar-refractivity contribution in [1.82, 2.24) is 0 Å². The van der Waals surface area contributed by atoms with Gasteiger partial charge >= 0.3 is 0 Å². The molecule has 0 unspecified atom stereocenters. The Morgan fingerprint density at radius 1 is 1.28 bits per heavy atom. The molecule has 4 rings (SSSR count). The first-order valence-electron chi connectivity index (χ1n) is 9.42. The van der Waals surface area contributed by atoms with Crippen molar-refractivity contribution in [2.24, 2.45) is 0 Å². The number of carbonyl (C=O) groups excluding carboxylic acids is 1. The topological polar surface area (TPSA) is 105 Å². The number of methoxy groups -OCH3 is 1. The predicted molar refractivity (Wildman–Crippen MR) is 105 cm³/mol. The summed E-state index contributed by atoms with van der Waals surface area (Å²) >= 11 is 1.43. The van der Waals surface area contributed by atoms with Gasteiger partial charge in [0.15, 0.2) is 5.78 Å². The van der Waals surface area contributed by atoms with Crippen LogP contribution in [0, 0.1) is 0 Å². The molecule has 156 valence electrons. The average molecular weight is 420 g/mol. The number of fused-ring (bicyclic) bond motifs is 2. The number of aliphatic hydroxyl groups is 3. The molecule has 0 aliphatic carbocycles. The van der Waals surface area contributed by atoms with Gasteiger partial charge in [-0.05, 0) is 49.2 Å². The Bertz CT molecular complexity index is 939. The minimum absolute atomic E-state index is 0.0229. The summed E-state index contributed by atoms with van der Waals surface area (Å²) in [5.74, 6) is -0.857. The molecule has 5 atom stereocenters. The second-order valence-electron chi connectivity index (χ2n) is 7.53. The number of ketones is 1. The molecule has 3 N–H and O–H groups in total. The van der Waals surface area contributed by atoms with E-state index in [4.69, 9.17) is 14.2 Å². The van der Waals surface area contributed by atoms with Gasteiger partial charge in [-0.3, -0.25) is 4.79 Å². The molecule has 0 bridgehead atoms. The number of rotatable bonds is 4. The summed E-state index contributed by atoms with van der Waals surface area (Å²) in [4.78, 5) is 13.3. The average Bonchev–Trinajstić information content (AvgIpc) is 3.30. The van der Waals surface area contributed by atoms with Gasteiger partial charge in [-0.15, -0.1) is 11.3 Å². The highest BCUT2D eigenvalue weighted by Crippen LogP contribution is 2.47. The van der Waals surface area contributed by atoms with E-state index in [9.17, 15) is 20.1 Å². The van der Waals surface area contributed by atoms with Gasteiger partial charge < -0.3 is 29.5 Å². The number of benzene rings is 1. The maximum atomic E-state index is 11.6. The van der Waals surface area contributed by atoms with Gasteiger partial charge in [-0.25, -0.2) is 0 Å². The van der Waals surface area contributed by atoms with Crippen LogP contribution in [0.1, 0.15) is 45.1 Å². The Morgan fingerprint density at radius 3 is 2.69 bits per heavy atom. The van der Waals surface area contributed by atoms with E-state index in [0.29, 0.717) is 22.6 Å². The van der Waals surface area contributed by atoms with Crippen LogP contribution in [0.25, 0.3) is 0 Å².